The minimum atomic E-state index is -0.823. The van der Waals surface area contributed by atoms with Gasteiger partial charge in [-0.3, -0.25) is 4.79 Å². The zero-order valence-electron chi connectivity index (χ0n) is 17.2. The van der Waals surface area contributed by atoms with Crippen LogP contribution in [0.1, 0.15) is 65.5 Å². The molecule has 0 aliphatic carbocycles. The summed E-state index contributed by atoms with van der Waals surface area (Å²) in [5.41, 5.74) is 2.01. The van der Waals surface area contributed by atoms with Gasteiger partial charge >= 0.3 is 0 Å². The smallest absolute Gasteiger partial charge is 0.256 e. The van der Waals surface area contributed by atoms with Gasteiger partial charge in [-0.05, 0) is 76.6 Å². The zero-order valence-corrected chi connectivity index (χ0v) is 17.2. The second-order valence-electron chi connectivity index (χ2n) is 7.49. The number of aryl methyl sites for hydroxylation is 2. The van der Waals surface area contributed by atoms with E-state index >= 15 is 0 Å². The fourth-order valence-electron chi connectivity index (χ4n) is 3.07. The number of ether oxygens (including phenoxy) is 2. The number of amides is 1. The van der Waals surface area contributed by atoms with Crippen molar-refractivity contribution in [1.29, 1.82) is 0 Å². The second-order valence-corrected chi connectivity index (χ2v) is 7.49. The Morgan fingerprint density at radius 1 is 1.16 bits per heavy atom. The molecule has 0 aromatic heterocycles. The van der Waals surface area contributed by atoms with Gasteiger partial charge in [0.05, 0.1) is 6.10 Å². The third-order valence-corrected chi connectivity index (χ3v) is 4.35. The van der Waals surface area contributed by atoms with Crippen molar-refractivity contribution in [2.75, 3.05) is 11.9 Å². The van der Waals surface area contributed by atoms with Gasteiger partial charge in [0.2, 0.25) is 0 Å². The van der Waals surface area contributed by atoms with Crippen molar-refractivity contribution in [1.82, 2.24) is 0 Å². The predicted molar refractivity (Wildman–Crippen MR) is 104 cm³/mol. The number of carbonyl (C=O) groups excluding carboxylic acids is 1. The first-order chi connectivity index (χ1) is 11.6. The van der Waals surface area contributed by atoms with Crippen molar-refractivity contribution in [2.45, 2.75) is 79.9 Å². The zero-order chi connectivity index (χ0) is 19.2. The van der Waals surface area contributed by atoms with Crippen molar-refractivity contribution >= 4 is 11.6 Å². The van der Waals surface area contributed by atoms with Gasteiger partial charge in [-0.25, -0.2) is 0 Å². The van der Waals surface area contributed by atoms with Crippen LogP contribution in [0.15, 0.2) is 12.1 Å². The first-order valence-electron chi connectivity index (χ1n) is 9.36. The summed E-state index contributed by atoms with van der Waals surface area (Å²) in [4.78, 5) is 12.8. The van der Waals surface area contributed by atoms with Crippen LogP contribution in [0.4, 0.5) is 5.69 Å². The summed E-state index contributed by atoms with van der Waals surface area (Å²) in [5.74, 6) is 1.18. The molecule has 0 spiro atoms. The lowest BCUT2D eigenvalue weighted by Gasteiger charge is -2.30. The van der Waals surface area contributed by atoms with E-state index in [-0.39, 0.29) is 12.0 Å². The molecule has 0 bridgehead atoms. The lowest BCUT2D eigenvalue weighted by atomic mass is 9.93. The lowest BCUT2D eigenvalue weighted by molar-refractivity contribution is -0.140. The van der Waals surface area contributed by atoms with Gasteiger partial charge in [-0.1, -0.05) is 20.8 Å². The monoisotopic (exact) mass is 349 g/mol. The Morgan fingerprint density at radius 2 is 1.72 bits per heavy atom. The first-order valence-corrected chi connectivity index (χ1v) is 9.36. The maximum absolute atomic E-state index is 12.8. The van der Waals surface area contributed by atoms with Gasteiger partial charge in [-0.2, -0.15) is 0 Å². The van der Waals surface area contributed by atoms with Crippen molar-refractivity contribution in [3.63, 3.8) is 0 Å². The Bertz CT molecular complexity index is 559. The summed E-state index contributed by atoms with van der Waals surface area (Å²) in [5, 5.41) is 3.03. The molecule has 4 nitrogen and oxygen atoms in total. The van der Waals surface area contributed by atoms with Gasteiger partial charge in [0.15, 0.2) is 0 Å². The maximum Gasteiger partial charge on any atom is 0.256 e. The summed E-state index contributed by atoms with van der Waals surface area (Å²) in [6.45, 7) is 16.7. The molecule has 0 radical (unpaired) electrons. The number of carbonyl (C=O) groups is 1. The number of anilines is 1. The summed E-state index contributed by atoms with van der Waals surface area (Å²) in [6, 6.07) is 3.93. The van der Waals surface area contributed by atoms with Crippen LogP contribution in [0.25, 0.3) is 0 Å². The van der Waals surface area contributed by atoms with Crippen LogP contribution in [0.2, 0.25) is 0 Å². The summed E-state index contributed by atoms with van der Waals surface area (Å²) >= 11 is 0. The lowest BCUT2D eigenvalue weighted by Crippen LogP contribution is -2.44. The van der Waals surface area contributed by atoms with E-state index in [1.54, 1.807) is 0 Å². The summed E-state index contributed by atoms with van der Waals surface area (Å²) < 4.78 is 11.8. The molecule has 0 saturated heterocycles. The third kappa shape index (κ3) is 6.03. The molecular weight excluding hydrogens is 314 g/mol. The number of nitrogens with one attached hydrogen (secondary N) is 1. The molecule has 1 aromatic rings. The molecule has 25 heavy (non-hydrogen) atoms. The van der Waals surface area contributed by atoms with Crippen LogP contribution < -0.4 is 10.1 Å². The molecule has 0 aliphatic heterocycles. The molecule has 1 rings (SSSR count). The van der Waals surface area contributed by atoms with Crippen LogP contribution in [-0.4, -0.2) is 24.2 Å². The molecule has 1 aromatic carbocycles. The first kappa shape index (κ1) is 21.5. The minimum Gasteiger partial charge on any atom is -0.490 e. The molecule has 0 unspecified atom stereocenters. The van der Waals surface area contributed by atoms with Crippen LogP contribution in [0.5, 0.6) is 5.75 Å². The van der Waals surface area contributed by atoms with E-state index < -0.39 is 5.60 Å². The highest BCUT2D eigenvalue weighted by atomic mass is 16.5. The Kier molecular flexibility index (Phi) is 7.94. The van der Waals surface area contributed by atoms with Crippen molar-refractivity contribution < 1.29 is 14.3 Å². The Morgan fingerprint density at radius 3 is 2.16 bits per heavy atom. The molecule has 1 N–H and O–H groups in total. The van der Waals surface area contributed by atoms with E-state index in [9.17, 15) is 4.79 Å². The minimum absolute atomic E-state index is 0.0996. The molecule has 2 atom stereocenters. The molecule has 0 saturated carbocycles. The Balaban J connectivity index is 3.00. The van der Waals surface area contributed by atoms with Crippen molar-refractivity contribution in [2.24, 2.45) is 5.92 Å². The molecule has 0 aliphatic rings. The topological polar surface area (TPSA) is 47.6 Å². The molecular formula is C21H35NO3. The van der Waals surface area contributed by atoms with Crippen LogP contribution in [0.3, 0.4) is 0 Å². The number of rotatable bonds is 9. The molecule has 0 fully saturated rings. The normalized spacial score (nSPS) is 14.9. The molecule has 4 heteroatoms. The van der Waals surface area contributed by atoms with Gasteiger partial charge in [0.1, 0.15) is 11.4 Å². The molecule has 1 amide bonds. The van der Waals surface area contributed by atoms with E-state index in [1.807, 2.05) is 39.8 Å². The number of hydrogen-bond acceptors (Lipinski definition) is 3. The van der Waals surface area contributed by atoms with E-state index in [0.29, 0.717) is 18.9 Å². The Hall–Kier alpha value is -1.55. The quantitative estimate of drug-likeness (QED) is 0.661. The van der Waals surface area contributed by atoms with Gasteiger partial charge in [-0.15, -0.1) is 0 Å². The fourth-order valence-corrected chi connectivity index (χ4v) is 3.07. The standard InChI is InChI=1S/C21H35NO3/c1-9-17(7)25-19-15(5)11-18(12-16(19)6)22-20(23)21(8,24-10-2)13-14(3)4/h11-12,14,17H,9-10,13H2,1-8H3,(H,22,23)/t17-,21-/m0/s1. The summed E-state index contributed by atoms with van der Waals surface area (Å²) in [6.07, 6.45) is 1.81. The number of benzene rings is 1. The fraction of sp³-hybridized carbons (Fsp3) is 0.667. The molecule has 142 valence electrons. The molecule has 0 heterocycles. The Labute approximate surface area is 153 Å². The SMILES string of the molecule is CCO[C@@](C)(CC(C)C)C(=O)Nc1cc(C)c(O[C@@H](C)CC)c(C)c1. The third-order valence-electron chi connectivity index (χ3n) is 4.35. The van der Waals surface area contributed by atoms with Gasteiger partial charge < -0.3 is 14.8 Å². The van der Waals surface area contributed by atoms with Crippen LogP contribution in [0, 0.1) is 19.8 Å². The van der Waals surface area contributed by atoms with E-state index in [1.165, 1.54) is 0 Å². The van der Waals surface area contributed by atoms with E-state index in [4.69, 9.17) is 9.47 Å². The van der Waals surface area contributed by atoms with E-state index in [0.717, 1.165) is 29.0 Å². The average molecular weight is 350 g/mol. The van der Waals surface area contributed by atoms with Gasteiger partial charge in [0, 0.05) is 12.3 Å². The summed E-state index contributed by atoms with van der Waals surface area (Å²) in [7, 11) is 0. The van der Waals surface area contributed by atoms with E-state index in [2.05, 4.69) is 33.0 Å². The van der Waals surface area contributed by atoms with Crippen LogP contribution in [-0.2, 0) is 9.53 Å². The highest BCUT2D eigenvalue weighted by Crippen LogP contribution is 2.30. The largest absolute Gasteiger partial charge is 0.490 e. The van der Waals surface area contributed by atoms with Crippen molar-refractivity contribution in [3.8, 4) is 5.75 Å². The van der Waals surface area contributed by atoms with Crippen LogP contribution >= 0.6 is 0 Å². The maximum atomic E-state index is 12.8. The highest BCUT2D eigenvalue weighted by molar-refractivity contribution is 5.97. The average Bonchev–Trinajstić information content (AvgIpc) is 2.50. The predicted octanol–water partition coefficient (Wildman–Crippen LogP) is 5.26. The van der Waals surface area contributed by atoms with Gasteiger partial charge in [0.25, 0.3) is 5.91 Å². The number of hydrogen-bond donors (Lipinski definition) is 1. The highest BCUT2D eigenvalue weighted by Gasteiger charge is 2.34. The second kappa shape index (κ2) is 9.23. The van der Waals surface area contributed by atoms with Crippen molar-refractivity contribution in [3.05, 3.63) is 23.3 Å².